The second-order valence-corrected chi connectivity index (χ2v) is 7.73. The van der Waals surface area contributed by atoms with Gasteiger partial charge in [0.1, 0.15) is 9.88 Å². The van der Waals surface area contributed by atoms with E-state index in [0.29, 0.717) is 10.0 Å². The van der Waals surface area contributed by atoms with Crippen LogP contribution < -0.4 is 5.32 Å². The molecule has 0 radical (unpaired) electrons. The Kier molecular flexibility index (Phi) is 4.20. The molecule has 0 atom stereocenters. The van der Waals surface area contributed by atoms with E-state index in [0.717, 1.165) is 21.0 Å². The molecule has 1 aromatic carbocycles. The molecular formula is C17H11N3OS3. The SMILES string of the molecule is O=C(Nc1ncc(-c2ccccc2)s1)c1cnc(-c2ccsc2)s1. The molecule has 0 aliphatic rings. The number of rotatable bonds is 4. The van der Waals surface area contributed by atoms with Gasteiger partial charge in [0.05, 0.1) is 11.1 Å². The van der Waals surface area contributed by atoms with E-state index in [4.69, 9.17) is 0 Å². The standard InChI is InChI=1S/C17H11N3OS3/c21-15(14-9-18-16(23-14)12-6-7-22-10-12)20-17-19-8-13(24-17)11-4-2-1-3-5-11/h1-10H,(H,19,20,21). The third kappa shape index (κ3) is 3.14. The highest BCUT2D eigenvalue weighted by molar-refractivity contribution is 7.19. The van der Waals surface area contributed by atoms with E-state index in [-0.39, 0.29) is 5.91 Å². The smallest absolute Gasteiger partial charge is 0.269 e. The minimum absolute atomic E-state index is 0.178. The molecule has 0 bridgehead atoms. The first kappa shape index (κ1) is 15.2. The Balaban J connectivity index is 1.50. The van der Waals surface area contributed by atoms with Crippen LogP contribution in [0.2, 0.25) is 0 Å². The molecule has 24 heavy (non-hydrogen) atoms. The summed E-state index contributed by atoms with van der Waals surface area (Å²) in [6.07, 6.45) is 3.39. The number of amides is 1. The van der Waals surface area contributed by atoms with Crippen molar-refractivity contribution in [1.29, 1.82) is 0 Å². The van der Waals surface area contributed by atoms with Gasteiger partial charge in [-0.1, -0.05) is 41.7 Å². The van der Waals surface area contributed by atoms with Crippen LogP contribution in [0.3, 0.4) is 0 Å². The Morgan fingerprint density at radius 2 is 1.83 bits per heavy atom. The Labute approximate surface area is 150 Å². The molecule has 4 rings (SSSR count). The quantitative estimate of drug-likeness (QED) is 0.535. The first-order chi connectivity index (χ1) is 11.8. The van der Waals surface area contributed by atoms with Crippen molar-refractivity contribution in [3.63, 3.8) is 0 Å². The van der Waals surface area contributed by atoms with Gasteiger partial charge in [0.25, 0.3) is 5.91 Å². The van der Waals surface area contributed by atoms with Crippen LogP contribution in [0.1, 0.15) is 9.67 Å². The lowest BCUT2D eigenvalue weighted by Crippen LogP contribution is -2.09. The molecule has 0 aliphatic heterocycles. The minimum atomic E-state index is -0.178. The van der Waals surface area contributed by atoms with E-state index in [1.54, 1.807) is 23.7 Å². The number of nitrogens with one attached hydrogen (secondary N) is 1. The topological polar surface area (TPSA) is 54.9 Å². The van der Waals surface area contributed by atoms with Crippen molar-refractivity contribution in [1.82, 2.24) is 9.97 Å². The molecule has 0 aliphatic carbocycles. The summed E-state index contributed by atoms with van der Waals surface area (Å²) in [5.41, 5.74) is 2.14. The maximum atomic E-state index is 12.4. The van der Waals surface area contributed by atoms with E-state index < -0.39 is 0 Å². The number of aromatic nitrogens is 2. The van der Waals surface area contributed by atoms with Crippen LogP contribution in [0.4, 0.5) is 5.13 Å². The molecule has 0 unspecified atom stereocenters. The van der Waals surface area contributed by atoms with Crippen LogP contribution in [0.15, 0.2) is 59.6 Å². The zero-order valence-corrected chi connectivity index (χ0v) is 14.8. The first-order valence-electron chi connectivity index (χ1n) is 7.10. The van der Waals surface area contributed by atoms with E-state index >= 15 is 0 Å². The molecule has 4 aromatic rings. The summed E-state index contributed by atoms with van der Waals surface area (Å²) < 4.78 is 0. The minimum Gasteiger partial charge on any atom is -0.297 e. The van der Waals surface area contributed by atoms with Crippen LogP contribution in [0.5, 0.6) is 0 Å². The van der Waals surface area contributed by atoms with Gasteiger partial charge in [-0.2, -0.15) is 11.3 Å². The number of carbonyl (C=O) groups is 1. The maximum absolute atomic E-state index is 12.4. The monoisotopic (exact) mass is 369 g/mol. The van der Waals surface area contributed by atoms with Crippen LogP contribution in [-0.2, 0) is 0 Å². The first-order valence-corrected chi connectivity index (χ1v) is 9.68. The molecule has 1 amide bonds. The lowest BCUT2D eigenvalue weighted by atomic mass is 10.2. The second-order valence-electron chi connectivity index (χ2n) is 4.89. The molecule has 0 fully saturated rings. The number of benzene rings is 1. The van der Waals surface area contributed by atoms with Gasteiger partial charge < -0.3 is 0 Å². The number of nitrogens with zero attached hydrogens (tertiary/aromatic N) is 2. The van der Waals surface area contributed by atoms with Crippen LogP contribution in [-0.4, -0.2) is 15.9 Å². The van der Waals surface area contributed by atoms with Crippen LogP contribution in [0, 0.1) is 0 Å². The summed E-state index contributed by atoms with van der Waals surface area (Å²) >= 11 is 4.45. The fourth-order valence-corrected chi connectivity index (χ4v) is 4.46. The van der Waals surface area contributed by atoms with Gasteiger partial charge in [0, 0.05) is 17.1 Å². The predicted molar refractivity (Wildman–Crippen MR) is 101 cm³/mol. The summed E-state index contributed by atoms with van der Waals surface area (Å²) in [6, 6.07) is 12.0. The molecule has 0 saturated carbocycles. The highest BCUT2D eigenvalue weighted by Gasteiger charge is 2.14. The Morgan fingerprint density at radius 3 is 2.62 bits per heavy atom. The van der Waals surface area contributed by atoms with Crippen molar-refractivity contribution in [2.24, 2.45) is 0 Å². The van der Waals surface area contributed by atoms with Crippen molar-refractivity contribution in [2.75, 3.05) is 5.32 Å². The molecule has 0 spiro atoms. The van der Waals surface area contributed by atoms with Crippen molar-refractivity contribution in [3.05, 3.63) is 64.4 Å². The summed E-state index contributed by atoms with van der Waals surface area (Å²) in [5.74, 6) is -0.178. The molecule has 0 saturated heterocycles. The summed E-state index contributed by atoms with van der Waals surface area (Å²) in [6.45, 7) is 0. The lowest BCUT2D eigenvalue weighted by Gasteiger charge is -1.97. The van der Waals surface area contributed by atoms with Crippen molar-refractivity contribution in [2.45, 2.75) is 0 Å². The van der Waals surface area contributed by atoms with Crippen molar-refractivity contribution < 1.29 is 4.79 Å². The lowest BCUT2D eigenvalue weighted by molar-refractivity contribution is 0.103. The van der Waals surface area contributed by atoms with Gasteiger partial charge in [-0.05, 0) is 17.0 Å². The number of anilines is 1. The van der Waals surface area contributed by atoms with E-state index in [9.17, 15) is 4.79 Å². The fourth-order valence-electron chi connectivity index (χ4n) is 2.13. The average Bonchev–Trinajstić information content (AvgIpc) is 3.36. The average molecular weight is 369 g/mol. The molecular weight excluding hydrogens is 358 g/mol. The summed E-state index contributed by atoms with van der Waals surface area (Å²) in [4.78, 5) is 22.6. The number of thiophene rings is 1. The Bertz CT molecular complexity index is 958. The Morgan fingerprint density at radius 1 is 0.958 bits per heavy atom. The molecule has 7 heteroatoms. The zero-order valence-electron chi connectivity index (χ0n) is 12.3. The largest absolute Gasteiger partial charge is 0.297 e. The number of thiazole rings is 2. The van der Waals surface area contributed by atoms with Gasteiger partial charge in [-0.3, -0.25) is 10.1 Å². The third-order valence-corrected chi connectivity index (χ3v) is 5.97. The number of hydrogen-bond acceptors (Lipinski definition) is 6. The summed E-state index contributed by atoms with van der Waals surface area (Å²) in [5, 5.41) is 8.31. The predicted octanol–water partition coefficient (Wildman–Crippen LogP) is 5.25. The Hall–Kier alpha value is -2.35. The van der Waals surface area contributed by atoms with Crippen LogP contribution in [0.25, 0.3) is 21.0 Å². The molecule has 118 valence electrons. The van der Waals surface area contributed by atoms with Gasteiger partial charge in [0.15, 0.2) is 5.13 Å². The highest BCUT2D eigenvalue weighted by atomic mass is 32.1. The zero-order chi connectivity index (χ0) is 16.4. The normalized spacial score (nSPS) is 10.7. The maximum Gasteiger partial charge on any atom is 0.269 e. The third-order valence-electron chi connectivity index (χ3n) is 3.28. The molecule has 3 heterocycles. The van der Waals surface area contributed by atoms with Gasteiger partial charge >= 0.3 is 0 Å². The van der Waals surface area contributed by atoms with E-state index in [1.807, 2.05) is 47.2 Å². The number of carbonyl (C=O) groups excluding carboxylic acids is 1. The highest BCUT2D eigenvalue weighted by Crippen LogP contribution is 2.30. The molecule has 4 nitrogen and oxygen atoms in total. The molecule has 3 aromatic heterocycles. The van der Waals surface area contributed by atoms with Crippen molar-refractivity contribution >= 4 is 45.0 Å². The fraction of sp³-hybridized carbons (Fsp3) is 0. The molecule has 1 N–H and O–H groups in total. The van der Waals surface area contributed by atoms with E-state index in [1.165, 1.54) is 22.7 Å². The van der Waals surface area contributed by atoms with Crippen molar-refractivity contribution in [3.8, 4) is 21.0 Å². The van der Waals surface area contributed by atoms with Gasteiger partial charge in [-0.15, -0.1) is 11.3 Å². The van der Waals surface area contributed by atoms with E-state index in [2.05, 4.69) is 15.3 Å². The second kappa shape index (κ2) is 6.64. The van der Waals surface area contributed by atoms with Gasteiger partial charge in [0.2, 0.25) is 0 Å². The number of hydrogen-bond donors (Lipinski definition) is 1. The van der Waals surface area contributed by atoms with Crippen LogP contribution >= 0.6 is 34.0 Å². The van der Waals surface area contributed by atoms with Gasteiger partial charge in [-0.25, -0.2) is 9.97 Å². The summed E-state index contributed by atoms with van der Waals surface area (Å²) in [7, 11) is 0.